The topological polar surface area (TPSA) is 80.9 Å². The molecule has 0 spiro atoms. The quantitative estimate of drug-likeness (QED) is 0.504. The fraction of sp³-hybridized carbons (Fsp3) is 0.263. The van der Waals surface area contributed by atoms with Crippen LogP contribution in [0.15, 0.2) is 53.7 Å². The van der Waals surface area contributed by atoms with E-state index in [1.54, 1.807) is 16.8 Å². The summed E-state index contributed by atoms with van der Waals surface area (Å²) >= 11 is 1.41. The first-order valence-corrected chi connectivity index (χ1v) is 9.37. The number of carbonyl (C=O) groups is 1. The predicted molar refractivity (Wildman–Crippen MR) is 101 cm³/mol. The third kappa shape index (κ3) is 4.11. The van der Waals surface area contributed by atoms with Gasteiger partial charge in [-0.1, -0.05) is 49.9 Å². The molecule has 2 aromatic carbocycles. The van der Waals surface area contributed by atoms with Crippen molar-refractivity contribution in [2.75, 3.05) is 5.75 Å². The Hall–Kier alpha value is -2.67. The summed E-state index contributed by atoms with van der Waals surface area (Å²) in [5.41, 5.74) is 2.28. The van der Waals surface area contributed by atoms with Gasteiger partial charge in [-0.15, -0.1) is 5.10 Å². The summed E-state index contributed by atoms with van der Waals surface area (Å²) in [6, 6.07) is 14.8. The fourth-order valence-electron chi connectivity index (χ4n) is 2.51. The third-order valence-corrected chi connectivity index (χ3v) is 4.91. The lowest BCUT2D eigenvalue weighted by atomic mass is 9.98. The van der Waals surface area contributed by atoms with Gasteiger partial charge in [0.15, 0.2) is 5.78 Å². The standard InChI is InChI=1S/C19H20N4O2S/c1-13(2)14-8-9-17(24)16(12-14)18(25)10-11-26-19-20-21-22-23(19)15-6-4-3-5-7-15/h3-9,12-13,24H,10-11H2,1-2H3. The predicted octanol–water partition coefficient (Wildman–Crippen LogP) is 3.86. The van der Waals surface area contributed by atoms with Gasteiger partial charge in [-0.25, -0.2) is 0 Å². The number of aromatic nitrogens is 4. The molecule has 0 aliphatic carbocycles. The zero-order valence-corrected chi connectivity index (χ0v) is 15.5. The fourth-order valence-corrected chi connectivity index (χ4v) is 3.33. The van der Waals surface area contributed by atoms with E-state index < -0.39 is 0 Å². The number of Topliss-reactive ketones (excluding diaryl/α,β-unsaturated/α-hetero) is 1. The Morgan fingerprint density at radius 2 is 1.96 bits per heavy atom. The number of nitrogens with zero attached hydrogens (tertiary/aromatic N) is 4. The van der Waals surface area contributed by atoms with E-state index in [2.05, 4.69) is 29.4 Å². The molecular formula is C19H20N4O2S. The first kappa shape index (κ1) is 18.1. The van der Waals surface area contributed by atoms with Crippen LogP contribution in [0, 0.1) is 0 Å². The molecule has 134 valence electrons. The van der Waals surface area contributed by atoms with Crippen molar-refractivity contribution in [2.24, 2.45) is 0 Å². The lowest BCUT2D eigenvalue weighted by Crippen LogP contribution is -2.04. The van der Waals surface area contributed by atoms with Crippen molar-refractivity contribution in [1.29, 1.82) is 0 Å². The number of tetrazole rings is 1. The van der Waals surface area contributed by atoms with Gasteiger partial charge >= 0.3 is 0 Å². The number of benzene rings is 2. The van der Waals surface area contributed by atoms with Gasteiger partial charge in [-0.2, -0.15) is 4.68 Å². The second-order valence-corrected chi connectivity index (χ2v) is 7.22. The summed E-state index contributed by atoms with van der Waals surface area (Å²) in [5, 5.41) is 22.4. The average molecular weight is 368 g/mol. The van der Waals surface area contributed by atoms with E-state index in [1.165, 1.54) is 11.8 Å². The lowest BCUT2D eigenvalue weighted by Gasteiger charge is -2.09. The van der Waals surface area contributed by atoms with E-state index in [0.717, 1.165) is 11.3 Å². The summed E-state index contributed by atoms with van der Waals surface area (Å²) in [7, 11) is 0. The minimum atomic E-state index is -0.0868. The maximum atomic E-state index is 12.5. The molecule has 6 nitrogen and oxygen atoms in total. The van der Waals surface area contributed by atoms with E-state index in [0.29, 0.717) is 28.8 Å². The zero-order valence-electron chi connectivity index (χ0n) is 14.7. The van der Waals surface area contributed by atoms with Gasteiger partial charge in [-0.05, 0) is 46.2 Å². The molecule has 0 atom stereocenters. The molecule has 0 fully saturated rings. The van der Waals surface area contributed by atoms with Gasteiger partial charge in [0.1, 0.15) is 5.75 Å². The smallest absolute Gasteiger partial charge is 0.214 e. The number of phenolic OH excluding ortho intramolecular Hbond substituents is 1. The molecule has 0 aliphatic rings. The number of ketones is 1. The Labute approximate surface area is 156 Å². The number of carbonyl (C=O) groups excluding carboxylic acids is 1. The normalized spacial score (nSPS) is 11.0. The number of thioether (sulfide) groups is 1. The second-order valence-electron chi connectivity index (χ2n) is 6.16. The van der Waals surface area contributed by atoms with Crippen LogP contribution in [0.25, 0.3) is 5.69 Å². The van der Waals surface area contributed by atoms with Crippen molar-refractivity contribution in [2.45, 2.75) is 31.3 Å². The number of aromatic hydroxyl groups is 1. The summed E-state index contributed by atoms with van der Waals surface area (Å²) in [4.78, 5) is 12.5. The molecule has 0 amide bonds. The van der Waals surface area contributed by atoms with Crippen molar-refractivity contribution >= 4 is 17.5 Å². The molecule has 26 heavy (non-hydrogen) atoms. The van der Waals surface area contributed by atoms with E-state index in [4.69, 9.17) is 0 Å². The van der Waals surface area contributed by atoms with Gasteiger partial charge in [0.05, 0.1) is 11.3 Å². The molecule has 3 rings (SSSR count). The molecule has 7 heteroatoms. The molecule has 0 aliphatic heterocycles. The van der Waals surface area contributed by atoms with Crippen LogP contribution in [0.3, 0.4) is 0 Å². The monoisotopic (exact) mass is 368 g/mol. The van der Waals surface area contributed by atoms with Crippen molar-refractivity contribution < 1.29 is 9.90 Å². The maximum absolute atomic E-state index is 12.5. The highest BCUT2D eigenvalue weighted by Gasteiger charge is 2.15. The average Bonchev–Trinajstić information content (AvgIpc) is 3.11. The number of phenols is 1. The molecule has 0 saturated carbocycles. The molecule has 0 unspecified atom stereocenters. The highest BCUT2D eigenvalue weighted by Crippen LogP contribution is 2.26. The SMILES string of the molecule is CC(C)c1ccc(O)c(C(=O)CCSc2nnnn2-c2ccccc2)c1. The number of rotatable bonds is 7. The third-order valence-electron chi connectivity index (χ3n) is 3.99. The summed E-state index contributed by atoms with van der Waals surface area (Å²) < 4.78 is 1.64. The van der Waals surface area contributed by atoms with Crippen LogP contribution in [0.4, 0.5) is 0 Å². The largest absolute Gasteiger partial charge is 0.507 e. The Morgan fingerprint density at radius 3 is 2.69 bits per heavy atom. The number of para-hydroxylation sites is 1. The minimum absolute atomic E-state index is 0.0264. The Balaban J connectivity index is 1.65. The van der Waals surface area contributed by atoms with Crippen molar-refractivity contribution in [3.8, 4) is 11.4 Å². The minimum Gasteiger partial charge on any atom is -0.507 e. The van der Waals surface area contributed by atoms with Crippen molar-refractivity contribution in [3.05, 3.63) is 59.7 Å². The van der Waals surface area contributed by atoms with Crippen molar-refractivity contribution in [1.82, 2.24) is 20.2 Å². The lowest BCUT2D eigenvalue weighted by molar-refractivity contribution is 0.0987. The Bertz CT molecular complexity index is 894. The highest BCUT2D eigenvalue weighted by molar-refractivity contribution is 7.99. The molecule has 1 heterocycles. The number of hydrogen-bond donors (Lipinski definition) is 1. The molecule has 0 saturated heterocycles. The molecular weight excluding hydrogens is 348 g/mol. The first-order chi connectivity index (χ1) is 12.6. The molecule has 3 aromatic rings. The van der Waals surface area contributed by atoms with Gasteiger partial charge in [0, 0.05) is 12.2 Å². The van der Waals surface area contributed by atoms with E-state index in [-0.39, 0.29) is 11.5 Å². The first-order valence-electron chi connectivity index (χ1n) is 8.39. The zero-order chi connectivity index (χ0) is 18.5. The van der Waals surface area contributed by atoms with Crippen LogP contribution < -0.4 is 0 Å². The van der Waals surface area contributed by atoms with Gasteiger partial charge in [-0.3, -0.25) is 4.79 Å². The molecule has 1 aromatic heterocycles. The van der Waals surface area contributed by atoms with Crippen LogP contribution in [0.2, 0.25) is 0 Å². The van der Waals surface area contributed by atoms with Crippen LogP contribution in [-0.4, -0.2) is 36.8 Å². The van der Waals surface area contributed by atoms with E-state index in [9.17, 15) is 9.90 Å². The van der Waals surface area contributed by atoms with E-state index >= 15 is 0 Å². The highest BCUT2D eigenvalue weighted by atomic mass is 32.2. The van der Waals surface area contributed by atoms with Crippen molar-refractivity contribution in [3.63, 3.8) is 0 Å². The van der Waals surface area contributed by atoms with Gasteiger partial charge in [0.25, 0.3) is 0 Å². The number of hydrogen-bond acceptors (Lipinski definition) is 6. The Kier molecular flexibility index (Phi) is 5.68. The van der Waals surface area contributed by atoms with Gasteiger partial charge < -0.3 is 5.11 Å². The maximum Gasteiger partial charge on any atom is 0.214 e. The Morgan fingerprint density at radius 1 is 1.19 bits per heavy atom. The molecule has 1 N–H and O–H groups in total. The van der Waals surface area contributed by atoms with Gasteiger partial charge in [0.2, 0.25) is 5.16 Å². The van der Waals surface area contributed by atoms with Crippen LogP contribution in [0.5, 0.6) is 5.75 Å². The van der Waals surface area contributed by atoms with Crippen LogP contribution in [-0.2, 0) is 0 Å². The summed E-state index contributed by atoms with van der Waals surface area (Å²) in [6.07, 6.45) is 0.293. The molecule has 0 bridgehead atoms. The summed E-state index contributed by atoms with van der Waals surface area (Å²) in [6.45, 7) is 4.11. The summed E-state index contributed by atoms with van der Waals surface area (Å²) in [5.74, 6) is 0.763. The van der Waals surface area contributed by atoms with Crippen LogP contribution >= 0.6 is 11.8 Å². The van der Waals surface area contributed by atoms with Crippen LogP contribution in [0.1, 0.15) is 42.1 Å². The molecule has 0 radical (unpaired) electrons. The van der Waals surface area contributed by atoms with E-state index in [1.807, 2.05) is 36.4 Å². The second kappa shape index (κ2) is 8.14.